The summed E-state index contributed by atoms with van der Waals surface area (Å²) in [5.41, 5.74) is -0.303. The van der Waals surface area contributed by atoms with Crippen LogP contribution in [0.3, 0.4) is 0 Å². The molecule has 20 heavy (non-hydrogen) atoms. The van der Waals surface area contributed by atoms with Crippen molar-refractivity contribution < 1.29 is 13.8 Å². The van der Waals surface area contributed by atoms with Crippen LogP contribution in [0.1, 0.15) is 40.5 Å². The maximum absolute atomic E-state index is 12.7. The molecule has 2 unspecified atom stereocenters. The molecule has 1 N–H and O–H groups in total. The van der Waals surface area contributed by atoms with Crippen LogP contribution in [-0.2, 0) is 20.4 Å². The summed E-state index contributed by atoms with van der Waals surface area (Å²) in [4.78, 5) is 26.6. The normalized spacial score (nSPS) is 35.9. The van der Waals surface area contributed by atoms with Gasteiger partial charge in [0.1, 0.15) is 12.1 Å². The van der Waals surface area contributed by atoms with E-state index in [1.807, 2.05) is 20.8 Å². The van der Waals surface area contributed by atoms with Crippen LogP contribution >= 0.6 is 0 Å². The van der Waals surface area contributed by atoms with Gasteiger partial charge in [0.15, 0.2) is 0 Å². The zero-order valence-corrected chi connectivity index (χ0v) is 13.5. The van der Waals surface area contributed by atoms with E-state index in [0.29, 0.717) is 11.5 Å². The number of nitrogens with one attached hydrogen (secondary N) is 1. The average molecular weight is 300 g/mol. The molecular weight excluding hydrogens is 276 g/mol. The molecule has 114 valence electrons. The van der Waals surface area contributed by atoms with Crippen molar-refractivity contribution in [3.8, 4) is 0 Å². The van der Waals surface area contributed by atoms with E-state index in [9.17, 15) is 13.8 Å². The van der Waals surface area contributed by atoms with E-state index in [1.54, 1.807) is 11.8 Å². The van der Waals surface area contributed by atoms with Gasteiger partial charge in [-0.1, -0.05) is 20.8 Å². The number of rotatable bonds is 1. The number of amides is 2. The van der Waals surface area contributed by atoms with E-state index in [2.05, 4.69) is 5.32 Å². The highest BCUT2D eigenvalue weighted by atomic mass is 32.2. The molecule has 2 aliphatic rings. The minimum absolute atomic E-state index is 0.00211. The summed E-state index contributed by atoms with van der Waals surface area (Å²) in [5.74, 6) is 1.17. The van der Waals surface area contributed by atoms with Gasteiger partial charge in [0.05, 0.1) is 0 Å². The van der Waals surface area contributed by atoms with Gasteiger partial charge in [0.25, 0.3) is 0 Å². The molecule has 2 rings (SSSR count). The van der Waals surface area contributed by atoms with Crippen LogP contribution < -0.4 is 5.32 Å². The van der Waals surface area contributed by atoms with Crippen molar-refractivity contribution in [1.82, 2.24) is 10.2 Å². The molecule has 0 aromatic carbocycles. The Morgan fingerprint density at radius 3 is 2.25 bits per heavy atom. The van der Waals surface area contributed by atoms with Crippen LogP contribution in [0.5, 0.6) is 0 Å². The fourth-order valence-corrected chi connectivity index (χ4v) is 4.21. The van der Waals surface area contributed by atoms with Crippen LogP contribution in [0.25, 0.3) is 0 Å². The summed E-state index contributed by atoms with van der Waals surface area (Å²) >= 11 is 0. The Labute approximate surface area is 122 Å². The van der Waals surface area contributed by atoms with Gasteiger partial charge in [-0.25, -0.2) is 0 Å². The van der Waals surface area contributed by atoms with Crippen molar-refractivity contribution in [1.29, 1.82) is 0 Å². The molecule has 2 amide bonds. The highest BCUT2D eigenvalue weighted by molar-refractivity contribution is 7.85. The molecule has 2 heterocycles. The van der Waals surface area contributed by atoms with Crippen molar-refractivity contribution >= 4 is 22.6 Å². The second-order valence-electron chi connectivity index (χ2n) is 6.81. The maximum atomic E-state index is 12.7. The molecule has 0 radical (unpaired) electrons. The third kappa shape index (κ3) is 2.90. The zero-order chi connectivity index (χ0) is 15.1. The Morgan fingerprint density at radius 1 is 1.20 bits per heavy atom. The van der Waals surface area contributed by atoms with E-state index >= 15 is 0 Å². The Kier molecular flexibility index (Phi) is 4.23. The van der Waals surface area contributed by atoms with Crippen molar-refractivity contribution in [2.45, 2.75) is 58.7 Å². The monoisotopic (exact) mass is 300 g/mol. The first-order valence-electron chi connectivity index (χ1n) is 7.19. The van der Waals surface area contributed by atoms with Crippen LogP contribution in [-0.4, -0.2) is 50.6 Å². The summed E-state index contributed by atoms with van der Waals surface area (Å²) in [6, 6.07) is -0.859. The lowest BCUT2D eigenvalue weighted by molar-refractivity contribution is -0.154. The standard InChI is InChI=1S/C14H24N2O3S/c1-9-12(17)15-11(14(2,3)4)13(18)16(9)10-5-7-20(19)8-6-10/h9-11H,5-8H2,1-4H3,(H,15,17). The molecule has 0 bridgehead atoms. The Morgan fingerprint density at radius 2 is 1.75 bits per heavy atom. The highest BCUT2D eigenvalue weighted by Crippen LogP contribution is 2.28. The lowest BCUT2D eigenvalue weighted by Crippen LogP contribution is -2.68. The lowest BCUT2D eigenvalue weighted by atomic mass is 9.83. The van der Waals surface area contributed by atoms with Crippen molar-refractivity contribution in [3.63, 3.8) is 0 Å². The van der Waals surface area contributed by atoms with Crippen LogP contribution in [0.15, 0.2) is 0 Å². The number of carbonyl (C=O) groups excluding carboxylic acids is 2. The Bertz CT molecular complexity index is 434. The first kappa shape index (κ1) is 15.5. The van der Waals surface area contributed by atoms with Gasteiger partial charge < -0.3 is 10.2 Å². The van der Waals surface area contributed by atoms with Crippen LogP contribution in [0.4, 0.5) is 0 Å². The van der Waals surface area contributed by atoms with Gasteiger partial charge in [-0.15, -0.1) is 0 Å². The Hall–Kier alpha value is -0.910. The predicted molar refractivity (Wildman–Crippen MR) is 78.6 cm³/mol. The quantitative estimate of drug-likeness (QED) is 0.773. The lowest BCUT2D eigenvalue weighted by Gasteiger charge is -2.46. The van der Waals surface area contributed by atoms with Gasteiger partial charge in [-0.05, 0) is 25.2 Å². The summed E-state index contributed by atoms with van der Waals surface area (Å²) in [6.45, 7) is 7.65. The van der Waals surface area contributed by atoms with E-state index in [1.165, 1.54) is 0 Å². The minimum Gasteiger partial charge on any atom is -0.342 e. The summed E-state index contributed by atoms with van der Waals surface area (Å²) in [6.07, 6.45) is 1.46. The summed E-state index contributed by atoms with van der Waals surface area (Å²) < 4.78 is 11.5. The molecule has 5 nitrogen and oxygen atoms in total. The summed E-state index contributed by atoms with van der Waals surface area (Å²) in [7, 11) is -0.761. The fourth-order valence-electron chi connectivity index (χ4n) is 2.93. The highest BCUT2D eigenvalue weighted by Gasteiger charge is 2.46. The van der Waals surface area contributed by atoms with Gasteiger partial charge >= 0.3 is 0 Å². The molecule has 2 aliphatic heterocycles. The van der Waals surface area contributed by atoms with Gasteiger partial charge in [-0.2, -0.15) is 0 Å². The maximum Gasteiger partial charge on any atom is 0.246 e. The fraction of sp³-hybridized carbons (Fsp3) is 0.857. The van der Waals surface area contributed by atoms with Gasteiger partial charge in [-0.3, -0.25) is 13.8 Å². The van der Waals surface area contributed by atoms with Gasteiger partial charge in [0.2, 0.25) is 11.8 Å². The molecule has 0 aromatic rings. The second kappa shape index (κ2) is 5.47. The van der Waals surface area contributed by atoms with Crippen molar-refractivity contribution in [2.75, 3.05) is 11.5 Å². The predicted octanol–water partition coefficient (Wildman–Crippen LogP) is 0.659. The molecule has 2 atom stereocenters. The van der Waals surface area contributed by atoms with Crippen molar-refractivity contribution in [3.05, 3.63) is 0 Å². The first-order valence-corrected chi connectivity index (χ1v) is 8.68. The molecule has 6 heteroatoms. The smallest absolute Gasteiger partial charge is 0.246 e. The molecular formula is C14H24N2O3S. The molecule has 0 aliphatic carbocycles. The number of piperazine rings is 1. The van der Waals surface area contributed by atoms with Crippen LogP contribution in [0, 0.1) is 5.41 Å². The first-order chi connectivity index (χ1) is 9.21. The number of nitrogens with zero attached hydrogens (tertiary/aromatic N) is 1. The molecule has 0 aromatic heterocycles. The molecule has 0 spiro atoms. The number of hydrogen-bond donors (Lipinski definition) is 1. The largest absolute Gasteiger partial charge is 0.342 e. The number of hydrogen-bond acceptors (Lipinski definition) is 3. The molecule has 2 saturated heterocycles. The molecule has 0 saturated carbocycles. The van der Waals surface area contributed by atoms with Crippen molar-refractivity contribution in [2.24, 2.45) is 5.41 Å². The second-order valence-corrected chi connectivity index (χ2v) is 8.50. The molecule has 2 fully saturated rings. The zero-order valence-electron chi connectivity index (χ0n) is 12.6. The minimum atomic E-state index is -0.761. The van der Waals surface area contributed by atoms with E-state index in [-0.39, 0.29) is 23.3 Å². The number of carbonyl (C=O) groups is 2. The van der Waals surface area contributed by atoms with Gasteiger partial charge in [0, 0.05) is 28.3 Å². The third-order valence-corrected chi connectivity index (χ3v) is 5.58. The Balaban J connectivity index is 2.22. The SMILES string of the molecule is CC1C(=O)NC(C(C)(C)C)C(=O)N1C1CCS(=O)CC1. The topological polar surface area (TPSA) is 66.5 Å². The van der Waals surface area contributed by atoms with E-state index < -0.39 is 22.9 Å². The van der Waals surface area contributed by atoms with E-state index in [4.69, 9.17) is 0 Å². The third-order valence-electron chi connectivity index (χ3n) is 4.20. The van der Waals surface area contributed by atoms with E-state index in [0.717, 1.165) is 12.8 Å². The van der Waals surface area contributed by atoms with Crippen LogP contribution in [0.2, 0.25) is 0 Å². The average Bonchev–Trinajstić information content (AvgIpc) is 2.35. The summed E-state index contributed by atoms with van der Waals surface area (Å²) in [5, 5.41) is 2.84.